The van der Waals surface area contributed by atoms with E-state index in [0.29, 0.717) is 17.9 Å². The maximum atomic E-state index is 12.6. The van der Waals surface area contributed by atoms with E-state index in [2.05, 4.69) is 21.2 Å². The monoisotopic (exact) mass is 357 g/mol. The van der Waals surface area contributed by atoms with Crippen molar-refractivity contribution in [3.63, 3.8) is 0 Å². The average Bonchev–Trinajstić information content (AvgIpc) is 2.45. The van der Waals surface area contributed by atoms with Gasteiger partial charge in [0.25, 0.3) is 0 Å². The Bertz CT molecular complexity index is 655. The van der Waals surface area contributed by atoms with E-state index in [0.717, 1.165) is 22.3 Å². The van der Waals surface area contributed by atoms with Gasteiger partial charge in [-0.15, -0.1) is 0 Å². The molecular weight excluding hydrogens is 347 g/mol. The van der Waals surface area contributed by atoms with Crippen LogP contribution in [0.2, 0.25) is 0 Å². The van der Waals surface area contributed by atoms with E-state index in [1.165, 1.54) is 12.1 Å². The van der Waals surface area contributed by atoms with Gasteiger partial charge in [0.1, 0.15) is 11.9 Å². The summed E-state index contributed by atoms with van der Waals surface area (Å²) in [6, 6.07) is 10.7. The van der Waals surface area contributed by atoms with Crippen molar-refractivity contribution >= 4 is 21.6 Å². The Morgan fingerprint density at radius 3 is 2.48 bits per heavy atom. The minimum atomic E-state index is -4.32. The molecule has 6 heteroatoms. The molecule has 1 aliphatic heterocycles. The number of rotatable bonds is 1. The van der Waals surface area contributed by atoms with E-state index >= 15 is 0 Å². The quantitative estimate of drug-likeness (QED) is 0.774. The second-order valence-corrected chi connectivity index (χ2v) is 5.66. The van der Waals surface area contributed by atoms with E-state index in [9.17, 15) is 13.2 Å². The van der Waals surface area contributed by atoms with Crippen molar-refractivity contribution in [2.45, 2.75) is 12.3 Å². The number of hydrogen-bond acceptors (Lipinski definition) is 2. The van der Waals surface area contributed by atoms with Gasteiger partial charge in [-0.1, -0.05) is 28.1 Å². The van der Waals surface area contributed by atoms with Crippen LogP contribution in [0.3, 0.4) is 0 Å². The number of fused-ring (bicyclic) bond motifs is 1. The molecule has 110 valence electrons. The van der Waals surface area contributed by atoms with Crippen LogP contribution < -0.4 is 10.1 Å². The first-order valence-electron chi connectivity index (χ1n) is 6.31. The molecule has 0 spiro atoms. The molecule has 0 amide bonds. The molecule has 0 bridgehead atoms. The van der Waals surface area contributed by atoms with E-state index in [4.69, 9.17) is 4.74 Å². The van der Waals surface area contributed by atoms with Gasteiger partial charge in [0, 0.05) is 4.47 Å². The second-order valence-electron chi connectivity index (χ2n) is 4.75. The summed E-state index contributed by atoms with van der Waals surface area (Å²) in [5.74, 6) is 0.681. The van der Waals surface area contributed by atoms with Gasteiger partial charge in [-0.25, -0.2) is 0 Å². The number of alkyl halides is 3. The van der Waals surface area contributed by atoms with Crippen molar-refractivity contribution in [2.24, 2.45) is 0 Å². The topological polar surface area (TPSA) is 21.3 Å². The maximum Gasteiger partial charge on any atom is 0.416 e. The third kappa shape index (κ3) is 3.00. The van der Waals surface area contributed by atoms with Crippen LogP contribution in [0, 0.1) is 0 Å². The number of halogens is 4. The zero-order valence-corrected chi connectivity index (χ0v) is 12.3. The highest BCUT2D eigenvalue weighted by atomic mass is 79.9. The van der Waals surface area contributed by atoms with Gasteiger partial charge >= 0.3 is 6.18 Å². The molecule has 1 aliphatic rings. The first-order chi connectivity index (χ1) is 9.93. The van der Waals surface area contributed by atoms with Gasteiger partial charge in [0.15, 0.2) is 0 Å². The zero-order valence-electron chi connectivity index (χ0n) is 10.7. The Morgan fingerprint density at radius 1 is 1.10 bits per heavy atom. The van der Waals surface area contributed by atoms with Gasteiger partial charge in [0.2, 0.25) is 0 Å². The summed E-state index contributed by atoms with van der Waals surface area (Å²) in [7, 11) is 0. The predicted molar refractivity (Wildman–Crippen MR) is 77.4 cm³/mol. The minimum absolute atomic E-state index is 0.311. The van der Waals surface area contributed by atoms with E-state index in [-0.39, 0.29) is 6.10 Å². The fourth-order valence-electron chi connectivity index (χ4n) is 2.21. The van der Waals surface area contributed by atoms with E-state index in [1.54, 1.807) is 0 Å². The largest absolute Gasteiger partial charge is 0.482 e. The zero-order chi connectivity index (χ0) is 15.0. The van der Waals surface area contributed by atoms with Crippen molar-refractivity contribution in [3.05, 3.63) is 58.1 Å². The maximum absolute atomic E-state index is 12.6. The van der Waals surface area contributed by atoms with Crippen LogP contribution in [-0.2, 0) is 6.18 Å². The fourth-order valence-corrected chi connectivity index (χ4v) is 2.55. The number of ether oxygens (including phenoxy) is 1. The lowest BCUT2D eigenvalue weighted by molar-refractivity contribution is -0.137. The predicted octanol–water partition coefficient (Wildman–Crippen LogP) is 5.01. The summed E-state index contributed by atoms with van der Waals surface area (Å²) in [5, 5.41) is 3.22. The molecule has 3 rings (SSSR count). The summed E-state index contributed by atoms with van der Waals surface area (Å²) >= 11 is 3.37. The van der Waals surface area contributed by atoms with Crippen LogP contribution in [0.15, 0.2) is 46.9 Å². The summed E-state index contributed by atoms with van der Waals surface area (Å²) in [4.78, 5) is 0. The van der Waals surface area contributed by atoms with Crippen LogP contribution in [0.4, 0.5) is 18.9 Å². The molecule has 1 atom stereocenters. The molecule has 2 nitrogen and oxygen atoms in total. The Labute approximate surface area is 128 Å². The van der Waals surface area contributed by atoms with Crippen LogP contribution in [-0.4, -0.2) is 6.54 Å². The van der Waals surface area contributed by atoms with Gasteiger partial charge in [0.05, 0.1) is 17.8 Å². The summed E-state index contributed by atoms with van der Waals surface area (Å²) in [6.07, 6.45) is -4.63. The molecule has 0 aliphatic carbocycles. The summed E-state index contributed by atoms with van der Waals surface area (Å²) in [6.45, 7) is 0.514. The molecule has 1 heterocycles. The lowest BCUT2D eigenvalue weighted by Crippen LogP contribution is -2.23. The van der Waals surface area contributed by atoms with Crippen LogP contribution in [0.1, 0.15) is 17.2 Å². The van der Waals surface area contributed by atoms with Crippen molar-refractivity contribution in [3.8, 4) is 5.75 Å². The highest BCUT2D eigenvalue weighted by Crippen LogP contribution is 2.37. The van der Waals surface area contributed by atoms with Gasteiger partial charge in [-0.2, -0.15) is 13.2 Å². The number of hydrogen-bond donors (Lipinski definition) is 1. The molecule has 0 fully saturated rings. The van der Waals surface area contributed by atoms with Gasteiger partial charge in [-0.3, -0.25) is 0 Å². The van der Waals surface area contributed by atoms with E-state index < -0.39 is 11.7 Å². The average molecular weight is 358 g/mol. The normalized spacial score (nSPS) is 17.6. The molecule has 0 saturated heterocycles. The molecule has 1 unspecified atom stereocenters. The third-order valence-electron chi connectivity index (χ3n) is 3.30. The first-order valence-corrected chi connectivity index (χ1v) is 7.10. The van der Waals surface area contributed by atoms with Crippen molar-refractivity contribution in [1.29, 1.82) is 0 Å². The molecule has 0 radical (unpaired) electrons. The summed E-state index contributed by atoms with van der Waals surface area (Å²) < 4.78 is 44.4. The molecule has 0 saturated carbocycles. The minimum Gasteiger partial charge on any atom is -0.482 e. The Balaban J connectivity index is 1.83. The highest BCUT2D eigenvalue weighted by molar-refractivity contribution is 9.10. The Kier molecular flexibility index (Phi) is 3.57. The van der Waals surface area contributed by atoms with Crippen LogP contribution >= 0.6 is 15.9 Å². The standard InChI is InChI=1S/C15H11BrF3NO/c16-11-5-6-12-13(7-11)21-14(8-20-12)9-1-3-10(4-2-9)15(17,18)19/h1-7,14,20H,8H2. The molecule has 1 N–H and O–H groups in total. The number of anilines is 1. The number of nitrogens with one attached hydrogen (secondary N) is 1. The lowest BCUT2D eigenvalue weighted by Gasteiger charge is -2.28. The van der Waals surface area contributed by atoms with Crippen molar-refractivity contribution in [1.82, 2.24) is 0 Å². The third-order valence-corrected chi connectivity index (χ3v) is 3.79. The highest BCUT2D eigenvalue weighted by Gasteiger charge is 2.30. The molecule has 2 aromatic carbocycles. The lowest BCUT2D eigenvalue weighted by atomic mass is 10.1. The smallest absolute Gasteiger partial charge is 0.416 e. The molecule has 21 heavy (non-hydrogen) atoms. The van der Waals surface area contributed by atoms with Gasteiger partial charge < -0.3 is 10.1 Å². The van der Waals surface area contributed by atoms with Gasteiger partial charge in [-0.05, 0) is 35.9 Å². The molecular formula is C15H11BrF3NO. The van der Waals surface area contributed by atoms with E-state index in [1.807, 2.05) is 18.2 Å². The fraction of sp³-hybridized carbons (Fsp3) is 0.200. The molecule has 2 aromatic rings. The Morgan fingerprint density at radius 2 is 1.81 bits per heavy atom. The first kappa shape index (κ1) is 14.3. The van der Waals surface area contributed by atoms with Crippen LogP contribution in [0.25, 0.3) is 0 Å². The molecule has 0 aromatic heterocycles. The Hall–Kier alpha value is -1.69. The number of benzene rings is 2. The van der Waals surface area contributed by atoms with Crippen LogP contribution in [0.5, 0.6) is 5.75 Å². The SMILES string of the molecule is FC(F)(F)c1ccc(C2CNc3ccc(Br)cc3O2)cc1. The van der Waals surface area contributed by atoms with Crippen molar-refractivity contribution in [2.75, 3.05) is 11.9 Å². The second kappa shape index (κ2) is 5.26. The van der Waals surface area contributed by atoms with Crippen molar-refractivity contribution < 1.29 is 17.9 Å². The summed E-state index contributed by atoms with van der Waals surface area (Å²) in [5.41, 5.74) is 0.931.